The number of nitrogens with one attached hydrogen (secondary N) is 1. The number of ether oxygens (including phenoxy) is 3. The van der Waals surface area contributed by atoms with E-state index in [1.54, 1.807) is 21.3 Å². The van der Waals surface area contributed by atoms with Gasteiger partial charge in [-0.1, -0.05) is 24.3 Å². The third-order valence-corrected chi connectivity index (χ3v) is 5.35. The molecular formula is C24H30N2O4. The molecule has 0 unspecified atom stereocenters. The lowest BCUT2D eigenvalue weighted by atomic mass is 9.87. The summed E-state index contributed by atoms with van der Waals surface area (Å²) in [5, 5.41) is 4.16. The van der Waals surface area contributed by atoms with E-state index in [1.165, 1.54) is 0 Å². The van der Waals surface area contributed by atoms with Gasteiger partial charge in [0.2, 0.25) is 5.91 Å². The maximum absolute atomic E-state index is 12.8. The molecule has 6 nitrogen and oxygen atoms in total. The van der Waals surface area contributed by atoms with E-state index in [1.807, 2.05) is 37.4 Å². The van der Waals surface area contributed by atoms with Gasteiger partial charge >= 0.3 is 0 Å². The second-order valence-electron chi connectivity index (χ2n) is 7.28. The van der Waals surface area contributed by atoms with Gasteiger partial charge in [-0.15, -0.1) is 0 Å². The fourth-order valence-corrected chi connectivity index (χ4v) is 3.83. The Balaban J connectivity index is 1.98. The summed E-state index contributed by atoms with van der Waals surface area (Å²) < 4.78 is 18.1. The quantitative estimate of drug-likeness (QED) is 0.516. The van der Waals surface area contributed by atoms with E-state index in [9.17, 15) is 4.79 Å². The molecule has 0 fully saturated rings. The first-order valence-electron chi connectivity index (χ1n) is 10.1. The molecule has 0 saturated carbocycles. The van der Waals surface area contributed by atoms with Gasteiger partial charge in [0.25, 0.3) is 0 Å². The number of fused-ring (bicyclic) bond motifs is 1. The summed E-state index contributed by atoms with van der Waals surface area (Å²) in [6.07, 6.45) is 3.25. The van der Waals surface area contributed by atoms with Crippen molar-refractivity contribution < 1.29 is 19.0 Å². The highest BCUT2D eigenvalue weighted by Crippen LogP contribution is 2.38. The van der Waals surface area contributed by atoms with Gasteiger partial charge in [-0.3, -0.25) is 4.79 Å². The van der Waals surface area contributed by atoms with Crippen molar-refractivity contribution in [3.05, 3.63) is 59.8 Å². The molecule has 0 saturated heterocycles. The molecule has 1 amide bonds. The van der Waals surface area contributed by atoms with Gasteiger partial charge in [0, 0.05) is 56.7 Å². The van der Waals surface area contributed by atoms with E-state index in [-0.39, 0.29) is 11.8 Å². The first kappa shape index (κ1) is 21.7. The molecule has 0 aliphatic rings. The first-order valence-corrected chi connectivity index (χ1v) is 10.1. The zero-order valence-corrected chi connectivity index (χ0v) is 18.1. The number of para-hydroxylation sites is 1. The highest BCUT2D eigenvalue weighted by molar-refractivity contribution is 5.86. The molecule has 6 heteroatoms. The van der Waals surface area contributed by atoms with Crippen molar-refractivity contribution in [3.8, 4) is 11.5 Å². The number of benzene rings is 2. The Labute approximate surface area is 177 Å². The molecule has 3 aromatic rings. The monoisotopic (exact) mass is 410 g/mol. The molecule has 0 bridgehead atoms. The lowest BCUT2D eigenvalue weighted by molar-refractivity contribution is -0.121. The summed E-state index contributed by atoms with van der Waals surface area (Å²) in [5.41, 5.74) is 3.27. The number of nitrogens with zero attached hydrogens (tertiary/aromatic N) is 1. The van der Waals surface area contributed by atoms with Gasteiger partial charge in [0.05, 0.1) is 14.2 Å². The molecule has 0 radical (unpaired) electrons. The van der Waals surface area contributed by atoms with Crippen molar-refractivity contribution in [3.63, 3.8) is 0 Å². The summed E-state index contributed by atoms with van der Waals surface area (Å²) in [6.45, 7) is 1.23. The second kappa shape index (κ2) is 10.2. The number of rotatable bonds is 10. The van der Waals surface area contributed by atoms with Crippen molar-refractivity contribution >= 4 is 16.8 Å². The SMILES string of the molecule is COCCCNC(=O)C[C@H](c1ccc(OC)c(OC)c1)c1cn(C)c2ccccc12. The minimum Gasteiger partial charge on any atom is -0.493 e. The number of hydrogen-bond acceptors (Lipinski definition) is 4. The average molecular weight is 411 g/mol. The zero-order valence-electron chi connectivity index (χ0n) is 18.1. The highest BCUT2D eigenvalue weighted by atomic mass is 16.5. The van der Waals surface area contributed by atoms with Gasteiger partial charge in [-0.05, 0) is 35.7 Å². The molecule has 30 heavy (non-hydrogen) atoms. The number of hydrogen-bond donors (Lipinski definition) is 1. The third kappa shape index (κ3) is 4.76. The first-order chi connectivity index (χ1) is 14.6. The van der Waals surface area contributed by atoms with Gasteiger partial charge in [0.15, 0.2) is 11.5 Å². The summed E-state index contributed by atoms with van der Waals surface area (Å²) >= 11 is 0. The van der Waals surface area contributed by atoms with Gasteiger partial charge in [-0.2, -0.15) is 0 Å². The number of carbonyl (C=O) groups is 1. The Hall–Kier alpha value is -2.99. The number of aromatic nitrogens is 1. The average Bonchev–Trinajstić information content (AvgIpc) is 3.11. The minimum absolute atomic E-state index is 0.0128. The summed E-state index contributed by atoms with van der Waals surface area (Å²) in [5.74, 6) is 1.22. The third-order valence-electron chi connectivity index (χ3n) is 5.35. The van der Waals surface area contributed by atoms with Crippen LogP contribution in [0.2, 0.25) is 0 Å². The molecular weight excluding hydrogens is 380 g/mol. The topological polar surface area (TPSA) is 61.7 Å². The number of amides is 1. The van der Waals surface area contributed by atoms with Crippen LogP contribution in [-0.2, 0) is 16.6 Å². The lowest BCUT2D eigenvalue weighted by Gasteiger charge is -2.19. The molecule has 1 atom stereocenters. The van der Waals surface area contributed by atoms with Crippen LogP contribution in [0.15, 0.2) is 48.7 Å². The molecule has 0 spiro atoms. The van der Waals surface area contributed by atoms with Crippen LogP contribution in [0.3, 0.4) is 0 Å². The lowest BCUT2D eigenvalue weighted by Crippen LogP contribution is -2.27. The fourth-order valence-electron chi connectivity index (χ4n) is 3.83. The van der Waals surface area contributed by atoms with Crippen LogP contribution >= 0.6 is 0 Å². The van der Waals surface area contributed by atoms with Gasteiger partial charge in [0.1, 0.15) is 0 Å². The Morgan fingerprint density at radius 2 is 1.83 bits per heavy atom. The molecule has 1 N–H and O–H groups in total. The predicted molar refractivity (Wildman–Crippen MR) is 118 cm³/mol. The molecule has 3 rings (SSSR count). The maximum atomic E-state index is 12.8. The van der Waals surface area contributed by atoms with Crippen molar-refractivity contribution in [1.82, 2.24) is 9.88 Å². The van der Waals surface area contributed by atoms with Crippen LogP contribution in [0.1, 0.15) is 29.9 Å². The van der Waals surface area contributed by atoms with Gasteiger partial charge < -0.3 is 24.1 Å². The Morgan fingerprint density at radius 3 is 2.57 bits per heavy atom. The van der Waals surface area contributed by atoms with Crippen LogP contribution in [-0.4, -0.2) is 45.0 Å². The number of methoxy groups -OCH3 is 3. The van der Waals surface area contributed by atoms with Crippen molar-refractivity contribution in [1.29, 1.82) is 0 Å². The van der Waals surface area contributed by atoms with Crippen LogP contribution in [0.25, 0.3) is 10.9 Å². The van der Waals surface area contributed by atoms with Crippen molar-refractivity contribution in [2.75, 3.05) is 34.5 Å². The van der Waals surface area contributed by atoms with E-state index in [0.717, 1.165) is 28.5 Å². The predicted octanol–water partition coefficient (Wildman–Crippen LogP) is 3.87. The summed E-state index contributed by atoms with van der Waals surface area (Å²) in [6, 6.07) is 14.1. The molecule has 2 aromatic carbocycles. The van der Waals surface area contributed by atoms with E-state index in [4.69, 9.17) is 14.2 Å². The van der Waals surface area contributed by atoms with Crippen molar-refractivity contribution in [2.45, 2.75) is 18.8 Å². The molecule has 0 aliphatic carbocycles. The number of carbonyl (C=O) groups excluding carboxylic acids is 1. The van der Waals surface area contributed by atoms with Crippen LogP contribution < -0.4 is 14.8 Å². The largest absolute Gasteiger partial charge is 0.493 e. The molecule has 0 aliphatic heterocycles. The standard InChI is InChI=1S/C24H30N2O4/c1-26-16-20(18-8-5-6-9-21(18)26)19(15-24(27)25-12-7-13-28-2)17-10-11-22(29-3)23(14-17)30-4/h5-6,8-11,14,16,19H,7,12-13,15H2,1-4H3,(H,25,27)/t19-/m1/s1. The van der Waals surface area contributed by atoms with E-state index in [2.05, 4.69) is 28.2 Å². The van der Waals surface area contributed by atoms with Crippen LogP contribution in [0.5, 0.6) is 11.5 Å². The highest BCUT2D eigenvalue weighted by Gasteiger charge is 2.23. The number of aryl methyl sites for hydroxylation is 1. The second-order valence-corrected chi connectivity index (χ2v) is 7.28. The summed E-state index contributed by atoms with van der Waals surface area (Å²) in [7, 11) is 6.93. The zero-order chi connectivity index (χ0) is 21.5. The van der Waals surface area contributed by atoms with Crippen LogP contribution in [0, 0.1) is 0 Å². The fraction of sp³-hybridized carbons (Fsp3) is 0.375. The van der Waals surface area contributed by atoms with E-state index < -0.39 is 0 Å². The smallest absolute Gasteiger partial charge is 0.220 e. The van der Waals surface area contributed by atoms with E-state index in [0.29, 0.717) is 31.1 Å². The van der Waals surface area contributed by atoms with Crippen LogP contribution in [0.4, 0.5) is 0 Å². The molecule has 1 aromatic heterocycles. The maximum Gasteiger partial charge on any atom is 0.220 e. The minimum atomic E-state index is -0.113. The molecule has 1 heterocycles. The summed E-state index contributed by atoms with van der Waals surface area (Å²) in [4.78, 5) is 12.8. The Kier molecular flexibility index (Phi) is 7.36. The van der Waals surface area contributed by atoms with Gasteiger partial charge in [-0.25, -0.2) is 0 Å². The molecule has 160 valence electrons. The van der Waals surface area contributed by atoms with Crippen molar-refractivity contribution in [2.24, 2.45) is 7.05 Å². The Morgan fingerprint density at radius 1 is 1.07 bits per heavy atom. The Bertz CT molecular complexity index is 996. The normalized spacial score (nSPS) is 12.0. The van der Waals surface area contributed by atoms with E-state index >= 15 is 0 Å².